The number of carbonyl (C=O) groups is 1. The maximum absolute atomic E-state index is 13.8. The molecule has 4 aromatic rings. The SMILES string of the molecule is CCCCOc1cc2c(c3ccccc13)[C@H](CCl)CN2C(=O)c1cc2cc(OCCN(C)C)ccc2o1. The lowest BCUT2D eigenvalue weighted by Crippen LogP contribution is -2.29. The summed E-state index contributed by atoms with van der Waals surface area (Å²) >= 11 is 6.43. The van der Waals surface area contributed by atoms with Gasteiger partial charge in [0.15, 0.2) is 5.76 Å². The molecule has 1 amide bonds. The Labute approximate surface area is 222 Å². The summed E-state index contributed by atoms with van der Waals surface area (Å²) in [6.45, 7) is 4.68. The molecule has 6 nitrogen and oxygen atoms in total. The molecule has 3 aromatic carbocycles. The quantitative estimate of drug-likeness (QED) is 0.172. The second kappa shape index (κ2) is 11.0. The van der Waals surface area contributed by atoms with Gasteiger partial charge in [0, 0.05) is 41.7 Å². The molecule has 0 fully saturated rings. The molecule has 37 heavy (non-hydrogen) atoms. The zero-order chi connectivity index (χ0) is 25.9. The summed E-state index contributed by atoms with van der Waals surface area (Å²) < 4.78 is 18.0. The lowest BCUT2D eigenvalue weighted by atomic mass is 9.95. The number of unbranched alkanes of at least 4 members (excludes halogenated alkanes) is 1. The number of hydrogen-bond acceptors (Lipinski definition) is 5. The Balaban J connectivity index is 1.48. The molecule has 1 aromatic heterocycles. The number of carbonyl (C=O) groups excluding carboxylic acids is 1. The summed E-state index contributed by atoms with van der Waals surface area (Å²) in [5, 5.41) is 2.96. The molecule has 194 valence electrons. The number of nitrogens with zero attached hydrogens (tertiary/aromatic N) is 2. The van der Waals surface area contributed by atoms with Gasteiger partial charge in [0.05, 0.1) is 12.3 Å². The zero-order valence-electron chi connectivity index (χ0n) is 21.6. The van der Waals surface area contributed by atoms with Crippen molar-refractivity contribution in [3.8, 4) is 11.5 Å². The summed E-state index contributed by atoms with van der Waals surface area (Å²) in [4.78, 5) is 17.6. The number of likely N-dealkylation sites (N-methyl/N-ethyl adjacent to an activating group) is 1. The van der Waals surface area contributed by atoms with Crippen LogP contribution in [0.25, 0.3) is 21.7 Å². The largest absolute Gasteiger partial charge is 0.493 e. The molecule has 0 spiro atoms. The van der Waals surface area contributed by atoms with Crippen LogP contribution in [0, 0.1) is 0 Å². The number of halogens is 1. The molecule has 0 saturated carbocycles. The fraction of sp³-hybridized carbons (Fsp3) is 0.367. The molecule has 0 bridgehead atoms. The maximum Gasteiger partial charge on any atom is 0.294 e. The molecule has 7 heteroatoms. The number of hydrogen-bond donors (Lipinski definition) is 0. The third-order valence-electron chi connectivity index (χ3n) is 6.82. The lowest BCUT2D eigenvalue weighted by molar-refractivity contribution is 0.0964. The van der Waals surface area contributed by atoms with E-state index in [2.05, 4.69) is 24.0 Å². The molecule has 1 atom stereocenters. The second-order valence-corrected chi connectivity index (χ2v) is 10.1. The molecular formula is C30H33ClN2O4. The number of fused-ring (bicyclic) bond motifs is 4. The van der Waals surface area contributed by atoms with Crippen LogP contribution in [-0.4, -0.2) is 57.1 Å². The van der Waals surface area contributed by atoms with Crippen molar-refractivity contribution < 1.29 is 18.7 Å². The van der Waals surface area contributed by atoms with Crippen molar-refractivity contribution in [3.05, 3.63) is 65.9 Å². The number of ether oxygens (including phenoxy) is 2. The highest BCUT2D eigenvalue weighted by atomic mass is 35.5. The third kappa shape index (κ3) is 5.13. The maximum atomic E-state index is 13.8. The van der Waals surface area contributed by atoms with Gasteiger partial charge < -0.3 is 23.7 Å². The fourth-order valence-electron chi connectivity index (χ4n) is 4.87. The Bertz CT molecular complexity index is 1410. The molecule has 0 unspecified atom stereocenters. The average Bonchev–Trinajstić information content (AvgIpc) is 3.49. The molecule has 1 aliphatic heterocycles. The van der Waals surface area contributed by atoms with Crippen molar-refractivity contribution in [3.63, 3.8) is 0 Å². The first-order valence-corrected chi connectivity index (χ1v) is 13.4. The van der Waals surface area contributed by atoms with E-state index >= 15 is 0 Å². The van der Waals surface area contributed by atoms with Gasteiger partial charge in [-0.3, -0.25) is 4.79 Å². The van der Waals surface area contributed by atoms with Gasteiger partial charge in [-0.05, 0) is 55.7 Å². The molecule has 0 N–H and O–H groups in total. The number of anilines is 1. The van der Waals surface area contributed by atoms with Gasteiger partial charge in [-0.25, -0.2) is 0 Å². The molecule has 2 heterocycles. The highest BCUT2D eigenvalue weighted by molar-refractivity contribution is 6.19. The van der Waals surface area contributed by atoms with Gasteiger partial charge in [-0.1, -0.05) is 37.6 Å². The normalized spacial score (nSPS) is 15.1. The van der Waals surface area contributed by atoms with Gasteiger partial charge in [0.1, 0.15) is 23.7 Å². The minimum absolute atomic E-state index is 0.0243. The van der Waals surface area contributed by atoms with Crippen LogP contribution < -0.4 is 14.4 Å². The van der Waals surface area contributed by atoms with Gasteiger partial charge in [0.2, 0.25) is 0 Å². The molecule has 5 rings (SSSR count). The van der Waals surface area contributed by atoms with Crippen LogP contribution in [0.15, 0.2) is 59.0 Å². The van der Waals surface area contributed by atoms with Gasteiger partial charge in [0.25, 0.3) is 5.91 Å². The van der Waals surface area contributed by atoms with E-state index in [-0.39, 0.29) is 11.8 Å². The standard InChI is InChI=1S/C30H33ClN2O4/c1-4-5-13-36-27-17-25-29(24-9-7-6-8-23(24)27)21(18-31)19-33(25)30(34)28-16-20-15-22(10-11-26(20)37-28)35-14-12-32(2)3/h6-11,15-17,21H,4-5,12-14,18-19H2,1-3H3/t21-/m1/s1. The summed E-state index contributed by atoms with van der Waals surface area (Å²) in [5.74, 6) is 2.10. The summed E-state index contributed by atoms with van der Waals surface area (Å²) in [6, 6.07) is 17.6. The Morgan fingerprint density at radius 3 is 2.65 bits per heavy atom. The van der Waals surface area contributed by atoms with Gasteiger partial charge in [-0.15, -0.1) is 11.6 Å². The smallest absolute Gasteiger partial charge is 0.294 e. The minimum Gasteiger partial charge on any atom is -0.493 e. The van der Waals surface area contributed by atoms with Crippen LogP contribution in [0.2, 0.25) is 0 Å². The Morgan fingerprint density at radius 2 is 1.89 bits per heavy atom. The highest BCUT2D eigenvalue weighted by Crippen LogP contribution is 2.46. The van der Waals surface area contributed by atoms with Gasteiger partial charge in [-0.2, -0.15) is 0 Å². The van der Waals surface area contributed by atoms with Crippen molar-refractivity contribution in [1.82, 2.24) is 4.90 Å². The van der Waals surface area contributed by atoms with E-state index in [0.29, 0.717) is 37.0 Å². The van der Waals surface area contributed by atoms with Crippen LogP contribution in [0.4, 0.5) is 5.69 Å². The van der Waals surface area contributed by atoms with Crippen LogP contribution in [0.3, 0.4) is 0 Å². The van der Waals surface area contributed by atoms with Crippen molar-refractivity contribution in [2.45, 2.75) is 25.7 Å². The predicted octanol–water partition coefficient (Wildman–Crippen LogP) is 6.69. The van der Waals surface area contributed by atoms with Crippen molar-refractivity contribution in [1.29, 1.82) is 0 Å². The average molecular weight is 521 g/mol. The van der Waals surface area contributed by atoms with Crippen molar-refractivity contribution >= 4 is 44.9 Å². The van der Waals surface area contributed by atoms with E-state index in [1.165, 1.54) is 0 Å². The Morgan fingerprint density at radius 1 is 1.08 bits per heavy atom. The first-order valence-electron chi connectivity index (χ1n) is 12.9. The molecular weight excluding hydrogens is 488 g/mol. The molecule has 0 radical (unpaired) electrons. The van der Waals surface area contributed by atoms with E-state index in [1.807, 2.05) is 50.5 Å². The lowest BCUT2D eigenvalue weighted by Gasteiger charge is -2.18. The number of rotatable bonds is 10. The van der Waals surface area contributed by atoms with Crippen molar-refractivity contribution in [2.24, 2.45) is 0 Å². The van der Waals surface area contributed by atoms with Crippen molar-refractivity contribution in [2.75, 3.05) is 51.2 Å². The first-order chi connectivity index (χ1) is 18.0. The van der Waals surface area contributed by atoms with Crippen LogP contribution in [0.5, 0.6) is 11.5 Å². The number of furan rings is 1. The molecule has 0 aliphatic carbocycles. The monoisotopic (exact) mass is 520 g/mol. The van der Waals surface area contributed by atoms with Crippen LogP contribution in [-0.2, 0) is 0 Å². The van der Waals surface area contributed by atoms with Crippen LogP contribution >= 0.6 is 11.6 Å². The third-order valence-corrected chi connectivity index (χ3v) is 7.19. The van der Waals surface area contributed by atoms with E-state index in [4.69, 9.17) is 25.5 Å². The van der Waals surface area contributed by atoms with E-state index in [0.717, 1.165) is 58.3 Å². The summed E-state index contributed by atoms with van der Waals surface area (Å²) in [5.41, 5.74) is 2.59. The first kappa shape index (κ1) is 25.4. The number of amides is 1. The summed E-state index contributed by atoms with van der Waals surface area (Å²) in [7, 11) is 4.02. The van der Waals surface area contributed by atoms with E-state index in [1.54, 1.807) is 11.0 Å². The minimum atomic E-state index is -0.185. The Hall–Kier alpha value is -3.22. The van der Waals surface area contributed by atoms with Crippen LogP contribution in [0.1, 0.15) is 41.8 Å². The Kier molecular flexibility index (Phi) is 7.58. The topological polar surface area (TPSA) is 55.1 Å². The number of benzene rings is 3. The molecule has 0 saturated heterocycles. The summed E-state index contributed by atoms with van der Waals surface area (Å²) in [6.07, 6.45) is 2.02. The van der Waals surface area contributed by atoms with E-state index < -0.39 is 0 Å². The predicted molar refractivity (Wildman–Crippen MR) is 150 cm³/mol. The zero-order valence-corrected chi connectivity index (χ0v) is 22.4. The fourth-order valence-corrected chi connectivity index (χ4v) is 5.12. The molecule has 1 aliphatic rings. The highest BCUT2D eigenvalue weighted by Gasteiger charge is 2.36. The van der Waals surface area contributed by atoms with E-state index in [9.17, 15) is 4.79 Å². The number of alkyl halides is 1. The van der Waals surface area contributed by atoms with Gasteiger partial charge >= 0.3 is 0 Å². The second-order valence-electron chi connectivity index (χ2n) is 9.78.